The summed E-state index contributed by atoms with van der Waals surface area (Å²) < 4.78 is 5.65. The average molecular weight is 357 g/mol. The highest BCUT2D eigenvalue weighted by Gasteiger charge is 2.30. The fraction of sp³-hybridized carbons (Fsp3) is 0.400. The molecule has 1 aromatic heterocycles. The van der Waals surface area contributed by atoms with Crippen LogP contribution in [0.1, 0.15) is 53.5 Å². The molecule has 1 unspecified atom stereocenters. The first kappa shape index (κ1) is 17.7. The lowest BCUT2D eigenvalue weighted by Gasteiger charge is -2.35. The van der Waals surface area contributed by atoms with Crippen molar-refractivity contribution in [3.8, 4) is 5.75 Å². The topological polar surface area (TPSA) is 46.6 Å². The highest BCUT2D eigenvalue weighted by atomic mass is 32.1. The highest BCUT2D eigenvalue weighted by molar-refractivity contribution is 7.10. The van der Waals surface area contributed by atoms with E-state index >= 15 is 0 Å². The Morgan fingerprint density at radius 1 is 1.20 bits per heavy atom. The lowest BCUT2D eigenvalue weighted by atomic mass is 9.98. The van der Waals surface area contributed by atoms with Gasteiger partial charge in [0.2, 0.25) is 0 Å². The largest absolute Gasteiger partial charge is 0.484 e. The van der Waals surface area contributed by atoms with E-state index in [1.807, 2.05) is 11.8 Å². The fourth-order valence-corrected chi connectivity index (χ4v) is 4.23. The molecule has 0 saturated heterocycles. The van der Waals surface area contributed by atoms with Crippen LogP contribution in [0.2, 0.25) is 0 Å². The van der Waals surface area contributed by atoms with E-state index in [1.54, 1.807) is 35.6 Å². The summed E-state index contributed by atoms with van der Waals surface area (Å²) in [5.41, 5.74) is 1.96. The summed E-state index contributed by atoms with van der Waals surface area (Å²) in [6.07, 6.45) is 2.31. The Bertz CT molecular complexity index is 751. The van der Waals surface area contributed by atoms with Crippen LogP contribution >= 0.6 is 11.3 Å². The Labute approximate surface area is 152 Å². The van der Waals surface area contributed by atoms with Crippen LogP contribution in [0.4, 0.5) is 0 Å². The predicted molar refractivity (Wildman–Crippen MR) is 99.3 cm³/mol. The van der Waals surface area contributed by atoms with Crippen molar-refractivity contribution in [2.75, 3.05) is 13.2 Å². The quantitative estimate of drug-likeness (QED) is 0.726. The number of carbonyl (C=O) groups is 2. The van der Waals surface area contributed by atoms with Crippen LogP contribution in [0.5, 0.6) is 5.75 Å². The number of amides is 1. The Morgan fingerprint density at radius 3 is 2.64 bits per heavy atom. The lowest BCUT2D eigenvalue weighted by Crippen LogP contribution is -2.41. The van der Waals surface area contributed by atoms with Gasteiger partial charge in [-0.2, -0.15) is 0 Å². The Hall–Kier alpha value is -2.14. The maximum atomic E-state index is 12.6. The number of carbonyl (C=O) groups excluding carboxylic acids is 2. The molecule has 2 heterocycles. The summed E-state index contributed by atoms with van der Waals surface area (Å²) in [6, 6.07) is 9.28. The summed E-state index contributed by atoms with van der Waals surface area (Å²) in [7, 11) is 0. The first-order chi connectivity index (χ1) is 12.1. The first-order valence-corrected chi connectivity index (χ1v) is 9.63. The van der Waals surface area contributed by atoms with E-state index in [-0.39, 0.29) is 24.3 Å². The molecule has 25 heavy (non-hydrogen) atoms. The number of nitrogens with zero attached hydrogens (tertiary/aromatic N) is 1. The van der Waals surface area contributed by atoms with Gasteiger partial charge >= 0.3 is 0 Å². The minimum absolute atomic E-state index is 0.0115. The van der Waals surface area contributed by atoms with Gasteiger partial charge < -0.3 is 9.64 Å². The van der Waals surface area contributed by atoms with Crippen molar-refractivity contribution >= 4 is 23.0 Å². The molecule has 1 aromatic carbocycles. The number of benzene rings is 1. The van der Waals surface area contributed by atoms with Gasteiger partial charge in [0, 0.05) is 23.4 Å². The fourth-order valence-electron chi connectivity index (χ4n) is 3.30. The van der Waals surface area contributed by atoms with Crippen molar-refractivity contribution in [1.29, 1.82) is 0 Å². The number of rotatable bonds is 6. The first-order valence-electron chi connectivity index (χ1n) is 8.75. The van der Waals surface area contributed by atoms with Crippen LogP contribution in [0.25, 0.3) is 0 Å². The predicted octanol–water partition coefficient (Wildman–Crippen LogP) is 4.26. The molecule has 132 valence electrons. The van der Waals surface area contributed by atoms with Crippen molar-refractivity contribution in [1.82, 2.24) is 4.90 Å². The summed E-state index contributed by atoms with van der Waals surface area (Å²) in [5, 5.41) is 2.11. The molecule has 0 N–H and O–H groups in total. The maximum absolute atomic E-state index is 12.6. The molecular weight excluding hydrogens is 334 g/mol. The van der Waals surface area contributed by atoms with Crippen molar-refractivity contribution in [3.05, 3.63) is 51.7 Å². The molecule has 0 radical (unpaired) electrons. The molecule has 3 rings (SSSR count). The Balaban J connectivity index is 1.62. The standard InChI is InChI=1S/C20H23NO3S/c1-3-17-16-10-12-25-19(16)9-11-21(17)20(23)13-24-15-7-5-14(6-8-15)18(22)4-2/h5-8,10,12,17H,3-4,9,11,13H2,1-2H3. The number of fused-ring (bicyclic) bond motifs is 1. The molecule has 0 aliphatic carbocycles. The zero-order valence-corrected chi connectivity index (χ0v) is 15.5. The van der Waals surface area contributed by atoms with E-state index in [0.717, 1.165) is 19.4 Å². The number of thiophene rings is 1. The van der Waals surface area contributed by atoms with E-state index in [0.29, 0.717) is 17.7 Å². The SMILES string of the molecule is CCC(=O)c1ccc(OCC(=O)N2CCc3sccc3C2CC)cc1. The second-order valence-electron chi connectivity index (χ2n) is 6.15. The molecule has 5 heteroatoms. The highest BCUT2D eigenvalue weighted by Crippen LogP contribution is 2.35. The van der Waals surface area contributed by atoms with Crippen molar-refractivity contribution in [2.45, 2.75) is 39.2 Å². The van der Waals surface area contributed by atoms with Crippen LogP contribution < -0.4 is 4.74 Å². The smallest absolute Gasteiger partial charge is 0.261 e. The van der Waals surface area contributed by atoms with Crippen molar-refractivity contribution < 1.29 is 14.3 Å². The normalized spacial score (nSPS) is 16.4. The van der Waals surface area contributed by atoms with Gasteiger partial charge in [0.1, 0.15) is 5.75 Å². The van der Waals surface area contributed by atoms with Gasteiger partial charge in [0.05, 0.1) is 6.04 Å². The van der Waals surface area contributed by atoms with Gasteiger partial charge in [-0.25, -0.2) is 0 Å². The molecule has 1 amide bonds. The molecule has 0 saturated carbocycles. The molecule has 1 aliphatic rings. The monoisotopic (exact) mass is 357 g/mol. The molecule has 0 spiro atoms. The lowest BCUT2D eigenvalue weighted by molar-refractivity contribution is -0.136. The van der Waals surface area contributed by atoms with Crippen molar-refractivity contribution in [3.63, 3.8) is 0 Å². The van der Waals surface area contributed by atoms with Gasteiger partial charge in [-0.3, -0.25) is 9.59 Å². The third kappa shape index (κ3) is 3.76. The Morgan fingerprint density at radius 2 is 1.96 bits per heavy atom. The Kier molecular flexibility index (Phi) is 5.53. The molecule has 4 nitrogen and oxygen atoms in total. The zero-order chi connectivity index (χ0) is 17.8. The summed E-state index contributed by atoms with van der Waals surface area (Å²) in [5.74, 6) is 0.730. The van der Waals surface area contributed by atoms with Crippen LogP contribution in [-0.4, -0.2) is 29.7 Å². The minimum Gasteiger partial charge on any atom is -0.484 e. The zero-order valence-electron chi connectivity index (χ0n) is 14.7. The van der Waals surface area contributed by atoms with E-state index in [4.69, 9.17) is 4.74 Å². The second-order valence-corrected chi connectivity index (χ2v) is 7.15. The maximum Gasteiger partial charge on any atom is 0.261 e. The number of ether oxygens (including phenoxy) is 1. The molecular formula is C20H23NO3S. The van der Waals surface area contributed by atoms with Gasteiger partial charge in [-0.1, -0.05) is 13.8 Å². The average Bonchev–Trinajstić information content (AvgIpc) is 3.13. The van der Waals surface area contributed by atoms with Gasteiger partial charge in [0.25, 0.3) is 5.91 Å². The van der Waals surface area contributed by atoms with Gasteiger partial charge in [0.15, 0.2) is 12.4 Å². The summed E-state index contributed by atoms with van der Waals surface area (Å²) in [6.45, 7) is 4.73. The number of hydrogen-bond donors (Lipinski definition) is 0. The van der Waals surface area contributed by atoms with Crippen LogP contribution in [0, 0.1) is 0 Å². The van der Waals surface area contributed by atoms with Crippen LogP contribution in [0.3, 0.4) is 0 Å². The van der Waals surface area contributed by atoms with E-state index in [1.165, 1.54) is 10.4 Å². The third-order valence-electron chi connectivity index (χ3n) is 4.66. The van der Waals surface area contributed by atoms with Gasteiger partial charge in [-0.15, -0.1) is 11.3 Å². The van der Waals surface area contributed by atoms with E-state index < -0.39 is 0 Å². The van der Waals surface area contributed by atoms with E-state index in [9.17, 15) is 9.59 Å². The summed E-state index contributed by atoms with van der Waals surface area (Å²) >= 11 is 1.78. The molecule has 2 aromatic rings. The number of hydrogen-bond acceptors (Lipinski definition) is 4. The number of ketones is 1. The van der Waals surface area contributed by atoms with Crippen LogP contribution in [-0.2, 0) is 11.2 Å². The number of Topliss-reactive ketones (excluding diaryl/α,β-unsaturated/α-hetero) is 1. The third-order valence-corrected chi connectivity index (χ3v) is 5.66. The van der Waals surface area contributed by atoms with Gasteiger partial charge in [-0.05, 0) is 54.1 Å². The molecule has 1 atom stereocenters. The van der Waals surface area contributed by atoms with E-state index in [2.05, 4.69) is 18.4 Å². The van der Waals surface area contributed by atoms with Crippen LogP contribution in [0.15, 0.2) is 35.7 Å². The minimum atomic E-state index is 0.0115. The summed E-state index contributed by atoms with van der Waals surface area (Å²) in [4.78, 5) is 27.6. The second kappa shape index (κ2) is 7.83. The molecule has 0 fully saturated rings. The van der Waals surface area contributed by atoms with Crippen molar-refractivity contribution in [2.24, 2.45) is 0 Å². The molecule has 0 bridgehead atoms. The molecule has 1 aliphatic heterocycles.